The number of nitrogens with one attached hydrogen (secondary N) is 2. The molecule has 15 heavy (non-hydrogen) atoms. The highest BCUT2D eigenvalue weighted by atomic mass is 16.4. The lowest BCUT2D eigenvalue weighted by Gasteiger charge is -2.00. The van der Waals surface area contributed by atoms with E-state index in [1.807, 2.05) is 24.3 Å². The number of hydrogen-bond donors (Lipinski definition) is 2. The van der Waals surface area contributed by atoms with Crippen LogP contribution in [0.25, 0.3) is 11.1 Å². The Kier molecular flexibility index (Phi) is 3.19. The largest absolute Gasteiger partial charge is 0.424 e. The Hall–Kier alpha value is -1.55. The average molecular weight is 205 g/mol. The van der Waals surface area contributed by atoms with Gasteiger partial charge in [0.2, 0.25) is 0 Å². The Balaban J connectivity index is 1.97. The third kappa shape index (κ3) is 2.47. The van der Waals surface area contributed by atoms with E-state index in [9.17, 15) is 0 Å². The smallest absolute Gasteiger partial charge is 0.295 e. The Morgan fingerprint density at radius 3 is 2.93 bits per heavy atom. The van der Waals surface area contributed by atoms with Gasteiger partial charge in [-0.15, -0.1) is 0 Å². The maximum atomic E-state index is 5.50. The zero-order chi connectivity index (χ0) is 10.5. The van der Waals surface area contributed by atoms with E-state index in [1.54, 1.807) is 0 Å². The van der Waals surface area contributed by atoms with Crippen LogP contribution in [-0.2, 0) is 0 Å². The number of anilines is 1. The van der Waals surface area contributed by atoms with Crippen molar-refractivity contribution in [1.29, 1.82) is 0 Å². The van der Waals surface area contributed by atoms with Gasteiger partial charge in [-0.2, -0.15) is 4.98 Å². The number of likely N-dealkylation sites (N-methyl/N-ethyl adjacent to an activating group) is 1. The molecule has 4 nitrogen and oxygen atoms in total. The Labute approximate surface area is 88.7 Å². The van der Waals surface area contributed by atoms with Crippen LogP contribution in [0.3, 0.4) is 0 Å². The van der Waals surface area contributed by atoms with Crippen molar-refractivity contribution in [2.24, 2.45) is 0 Å². The number of hydrogen-bond acceptors (Lipinski definition) is 4. The first-order valence-corrected chi connectivity index (χ1v) is 5.20. The Morgan fingerprint density at radius 2 is 2.13 bits per heavy atom. The van der Waals surface area contributed by atoms with Crippen LogP contribution in [0.1, 0.15) is 6.92 Å². The SMILES string of the molecule is CCNCCNc1nc2ccccc2o1. The van der Waals surface area contributed by atoms with Gasteiger partial charge in [0.25, 0.3) is 6.01 Å². The summed E-state index contributed by atoms with van der Waals surface area (Å²) in [5, 5.41) is 6.35. The standard InChI is InChI=1S/C11H15N3O/c1-2-12-7-8-13-11-14-9-5-3-4-6-10(9)15-11/h3-6,12H,2,7-8H2,1H3,(H,13,14). The highest BCUT2D eigenvalue weighted by Crippen LogP contribution is 2.17. The molecule has 2 rings (SSSR count). The van der Waals surface area contributed by atoms with E-state index in [1.165, 1.54) is 0 Å². The Morgan fingerprint density at radius 1 is 1.27 bits per heavy atom. The third-order valence-corrected chi connectivity index (χ3v) is 2.12. The number of nitrogens with zero attached hydrogens (tertiary/aromatic N) is 1. The molecule has 0 amide bonds. The monoisotopic (exact) mass is 205 g/mol. The minimum Gasteiger partial charge on any atom is -0.424 e. The molecule has 80 valence electrons. The highest BCUT2D eigenvalue weighted by molar-refractivity contribution is 5.74. The summed E-state index contributed by atoms with van der Waals surface area (Å²) in [5.74, 6) is 0. The molecule has 4 heteroatoms. The van der Waals surface area contributed by atoms with Gasteiger partial charge in [-0.3, -0.25) is 0 Å². The minimum absolute atomic E-state index is 0.592. The number of para-hydroxylation sites is 2. The van der Waals surface area contributed by atoms with Crippen LogP contribution >= 0.6 is 0 Å². The van der Waals surface area contributed by atoms with E-state index in [0.717, 1.165) is 30.7 Å². The topological polar surface area (TPSA) is 50.1 Å². The lowest BCUT2D eigenvalue weighted by Crippen LogP contribution is -2.21. The second-order valence-electron chi connectivity index (χ2n) is 3.27. The van der Waals surface area contributed by atoms with E-state index in [2.05, 4.69) is 22.5 Å². The molecule has 2 aromatic rings. The molecule has 0 fully saturated rings. The predicted octanol–water partition coefficient (Wildman–Crippen LogP) is 1.85. The summed E-state index contributed by atoms with van der Waals surface area (Å²) >= 11 is 0. The van der Waals surface area contributed by atoms with Gasteiger partial charge in [-0.1, -0.05) is 19.1 Å². The van der Waals surface area contributed by atoms with Crippen molar-refractivity contribution in [3.05, 3.63) is 24.3 Å². The van der Waals surface area contributed by atoms with E-state index in [-0.39, 0.29) is 0 Å². The van der Waals surface area contributed by atoms with E-state index < -0.39 is 0 Å². The normalized spacial score (nSPS) is 10.7. The second kappa shape index (κ2) is 4.79. The molecule has 0 bridgehead atoms. The van der Waals surface area contributed by atoms with Gasteiger partial charge >= 0.3 is 0 Å². The molecule has 0 aliphatic carbocycles. The number of oxazole rings is 1. The average Bonchev–Trinajstić information content (AvgIpc) is 2.67. The first-order valence-electron chi connectivity index (χ1n) is 5.20. The van der Waals surface area contributed by atoms with Crippen LogP contribution in [0.4, 0.5) is 6.01 Å². The fourth-order valence-electron chi connectivity index (χ4n) is 1.38. The van der Waals surface area contributed by atoms with Crippen molar-refractivity contribution in [3.63, 3.8) is 0 Å². The summed E-state index contributed by atoms with van der Waals surface area (Å²) in [5.41, 5.74) is 1.71. The van der Waals surface area contributed by atoms with Crippen molar-refractivity contribution in [2.75, 3.05) is 25.0 Å². The van der Waals surface area contributed by atoms with E-state index >= 15 is 0 Å². The quantitative estimate of drug-likeness (QED) is 0.731. The van der Waals surface area contributed by atoms with E-state index in [4.69, 9.17) is 4.42 Å². The first kappa shape index (κ1) is 9.98. The minimum atomic E-state index is 0.592. The summed E-state index contributed by atoms with van der Waals surface area (Å²) in [6.07, 6.45) is 0. The van der Waals surface area contributed by atoms with Gasteiger partial charge in [0.1, 0.15) is 5.52 Å². The molecule has 0 aliphatic heterocycles. The fraction of sp³-hybridized carbons (Fsp3) is 0.364. The highest BCUT2D eigenvalue weighted by Gasteiger charge is 2.02. The van der Waals surface area contributed by atoms with Gasteiger partial charge in [0.05, 0.1) is 0 Å². The van der Waals surface area contributed by atoms with Crippen LogP contribution < -0.4 is 10.6 Å². The molecule has 0 saturated heterocycles. The van der Waals surface area contributed by atoms with E-state index in [0.29, 0.717) is 6.01 Å². The number of fused-ring (bicyclic) bond motifs is 1. The van der Waals surface area contributed by atoms with Gasteiger partial charge < -0.3 is 15.1 Å². The molecule has 1 aromatic carbocycles. The summed E-state index contributed by atoms with van der Waals surface area (Å²) in [4.78, 5) is 4.30. The summed E-state index contributed by atoms with van der Waals surface area (Å²) < 4.78 is 5.50. The van der Waals surface area contributed by atoms with Crippen molar-refractivity contribution in [1.82, 2.24) is 10.3 Å². The van der Waals surface area contributed by atoms with Crippen LogP contribution in [0.2, 0.25) is 0 Å². The molecule has 0 spiro atoms. The molecular weight excluding hydrogens is 190 g/mol. The fourth-order valence-corrected chi connectivity index (χ4v) is 1.38. The molecule has 0 radical (unpaired) electrons. The molecule has 0 unspecified atom stereocenters. The second-order valence-corrected chi connectivity index (χ2v) is 3.27. The van der Waals surface area contributed by atoms with Crippen LogP contribution in [0.15, 0.2) is 28.7 Å². The molecule has 0 saturated carbocycles. The third-order valence-electron chi connectivity index (χ3n) is 2.12. The first-order chi connectivity index (χ1) is 7.40. The molecule has 2 N–H and O–H groups in total. The summed E-state index contributed by atoms with van der Waals surface area (Å²) in [6.45, 7) is 4.80. The lowest BCUT2D eigenvalue weighted by molar-refractivity contribution is 0.610. The van der Waals surface area contributed by atoms with Crippen molar-refractivity contribution < 1.29 is 4.42 Å². The molecule has 1 heterocycles. The van der Waals surface area contributed by atoms with Crippen molar-refractivity contribution in [3.8, 4) is 0 Å². The van der Waals surface area contributed by atoms with Gasteiger partial charge in [-0.25, -0.2) is 0 Å². The molecule has 0 atom stereocenters. The summed E-state index contributed by atoms with van der Waals surface area (Å²) in [7, 11) is 0. The maximum absolute atomic E-state index is 5.50. The summed E-state index contributed by atoms with van der Waals surface area (Å²) in [6, 6.07) is 8.34. The maximum Gasteiger partial charge on any atom is 0.295 e. The lowest BCUT2D eigenvalue weighted by atomic mass is 10.3. The zero-order valence-electron chi connectivity index (χ0n) is 8.79. The van der Waals surface area contributed by atoms with Crippen LogP contribution in [-0.4, -0.2) is 24.6 Å². The van der Waals surface area contributed by atoms with Gasteiger partial charge in [0, 0.05) is 13.1 Å². The molecule has 0 aliphatic rings. The predicted molar refractivity (Wildman–Crippen MR) is 61.0 cm³/mol. The Bertz CT molecular complexity index is 391. The van der Waals surface area contributed by atoms with Gasteiger partial charge in [0.15, 0.2) is 5.58 Å². The number of rotatable bonds is 5. The molecular formula is C11H15N3O. The van der Waals surface area contributed by atoms with Crippen molar-refractivity contribution in [2.45, 2.75) is 6.92 Å². The number of benzene rings is 1. The van der Waals surface area contributed by atoms with Crippen LogP contribution in [0, 0.1) is 0 Å². The van der Waals surface area contributed by atoms with Gasteiger partial charge in [-0.05, 0) is 18.7 Å². The van der Waals surface area contributed by atoms with Crippen LogP contribution in [0.5, 0.6) is 0 Å². The van der Waals surface area contributed by atoms with Crippen molar-refractivity contribution >= 4 is 17.1 Å². The zero-order valence-corrected chi connectivity index (χ0v) is 8.79. The number of aromatic nitrogens is 1. The molecule has 1 aromatic heterocycles.